The van der Waals surface area contributed by atoms with E-state index >= 15 is 0 Å². The molecule has 2 aromatic rings. The Hall–Kier alpha value is -1.80. The summed E-state index contributed by atoms with van der Waals surface area (Å²) >= 11 is 3.42. The first-order valence-electron chi connectivity index (χ1n) is 5.41. The summed E-state index contributed by atoms with van der Waals surface area (Å²) < 4.78 is 7.77. The molecule has 0 amide bonds. The van der Waals surface area contributed by atoms with Crippen molar-refractivity contribution in [2.75, 3.05) is 0 Å². The monoisotopic (exact) mass is 306 g/mol. The summed E-state index contributed by atoms with van der Waals surface area (Å²) in [5.41, 5.74) is 1.85. The number of hydrogen-bond donors (Lipinski definition) is 0. The minimum atomic E-state index is -0.334. The van der Waals surface area contributed by atoms with Gasteiger partial charge in [0, 0.05) is 27.1 Å². The van der Waals surface area contributed by atoms with E-state index in [-0.39, 0.29) is 12.6 Å². The van der Waals surface area contributed by atoms with Crippen molar-refractivity contribution in [1.29, 1.82) is 5.26 Å². The number of nitriles is 1. The number of halogens is 1. The molecule has 5 heteroatoms. The Morgan fingerprint density at radius 3 is 3.06 bits per heavy atom. The lowest BCUT2D eigenvalue weighted by Gasteiger charge is -2.07. The van der Waals surface area contributed by atoms with Gasteiger partial charge in [-0.3, -0.25) is 4.79 Å². The van der Waals surface area contributed by atoms with Crippen LogP contribution in [0.2, 0.25) is 0 Å². The molecule has 0 aliphatic heterocycles. The summed E-state index contributed by atoms with van der Waals surface area (Å²) in [7, 11) is 0. The zero-order chi connectivity index (χ0) is 13.1. The normalized spacial score (nSPS) is 12.1. The van der Waals surface area contributed by atoms with Crippen molar-refractivity contribution < 1.29 is 9.53 Å². The van der Waals surface area contributed by atoms with Crippen LogP contribution in [-0.4, -0.2) is 11.0 Å². The molecule has 1 atom stereocenters. The second kappa shape index (κ2) is 5.23. The molecule has 0 bridgehead atoms. The van der Waals surface area contributed by atoms with Crippen LogP contribution in [0.4, 0.5) is 0 Å². The lowest BCUT2D eigenvalue weighted by atomic mass is 10.1. The fourth-order valence-corrected chi connectivity index (χ4v) is 2.35. The summed E-state index contributed by atoms with van der Waals surface area (Å²) in [6, 6.07) is 7.94. The fraction of sp³-hybridized carbons (Fsp3) is 0.231. The minimum Gasteiger partial charge on any atom is -0.460 e. The highest BCUT2D eigenvalue weighted by atomic mass is 79.9. The second-order valence-electron chi connectivity index (χ2n) is 3.91. The highest BCUT2D eigenvalue weighted by Gasteiger charge is 2.15. The summed E-state index contributed by atoms with van der Waals surface area (Å²) in [6.45, 7) is 2.52. The smallest absolute Gasteiger partial charge is 0.293 e. The van der Waals surface area contributed by atoms with Gasteiger partial charge < -0.3 is 9.30 Å². The number of benzene rings is 1. The van der Waals surface area contributed by atoms with E-state index in [0.717, 1.165) is 20.9 Å². The lowest BCUT2D eigenvalue weighted by Crippen LogP contribution is -1.97. The molecular weight excluding hydrogens is 296 g/mol. The van der Waals surface area contributed by atoms with Crippen LogP contribution >= 0.6 is 15.9 Å². The van der Waals surface area contributed by atoms with Crippen LogP contribution in [-0.2, 0) is 16.1 Å². The van der Waals surface area contributed by atoms with Gasteiger partial charge in [0.25, 0.3) is 6.47 Å². The molecule has 92 valence electrons. The highest BCUT2D eigenvalue weighted by molar-refractivity contribution is 9.10. The molecule has 18 heavy (non-hydrogen) atoms. The first-order valence-corrected chi connectivity index (χ1v) is 6.21. The third-order valence-electron chi connectivity index (χ3n) is 2.81. The van der Waals surface area contributed by atoms with Gasteiger partial charge in [-0.15, -0.1) is 0 Å². The van der Waals surface area contributed by atoms with Gasteiger partial charge in [-0.2, -0.15) is 5.26 Å². The molecule has 1 heterocycles. The molecule has 1 unspecified atom stereocenters. The molecule has 0 radical (unpaired) electrons. The zero-order valence-electron chi connectivity index (χ0n) is 9.76. The number of carbonyl (C=O) groups excluding carboxylic acids is 1. The Kier molecular flexibility index (Phi) is 3.68. The standard InChI is InChI=1S/C13H11BrN2O2/c1-9(18-8-17)12-7-16(5-4-15)13-3-2-10(14)6-11(12)13/h2-3,6-9H,5H2,1H3. The molecule has 0 N–H and O–H groups in total. The van der Waals surface area contributed by atoms with Gasteiger partial charge in [-0.1, -0.05) is 15.9 Å². The van der Waals surface area contributed by atoms with Crippen LogP contribution in [0.15, 0.2) is 28.9 Å². The predicted octanol–water partition coefficient (Wildman–Crippen LogP) is 3.16. The van der Waals surface area contributed by atoms with Crippen LogP contribution in [0.5, 0.6) is 0 Å². The first kappa shape index (κ1) is 12.7. The topological polar surface area (TPSA) is 55.0 Å². The number of hydrogen-bond acceptors (Lipinski definition) is 3. The Balaban J connectivity index is 2.61. The Morgan fingerprint density at radius 1 is 1.61 bits per heavy atom. The third-order valence-corrected chi connectivity index (χ3v) is 3.31. The molecule has 4 nitrogen and oxygen atoms in total. The van der Waals surface area contributed by atoms with Crippen LogP contribution in [0.3, 0.4) is 0 Å². The van der Waals surface area contributed by atoms with E-state index in [4.69, 9.17) is 10.00 Å². The van der Waals surface area contributed by atoms with Gasteiger partial charge in [0.15, 0.2) is 0 Å². The van der Waals surface area contributed by atoms with E-state index in [1.807, 2.05) is 29.0 Å². The maximum atomic E-state index is 10.4. The van der Waals surface area contributed by atoms with Crippen molar-refractivity contribution in [3.05, 3.63) is 34.4 Å². The van der Waals surface area contributed by atoms with Crippen molar-refractivity contribution in [3.8, 4) is 6.07 Å². The molecule has 1 aromatic heterocycles. The predicted molar refractivity (Wildman–Crippen MR) is 70.8 cm³/mol. The SMILES string of the molecule is CC(OC=O)c1cn(CC#N)c2ccc(Br)cc12. The molecular formula is C13H11BrN2O2. The first-order chi connectivity index (χ1) is 8.67. The van der Waals surface area contributed by atoms with E-state index < -0.39 is 0 Å². The average molecular weight is 307 g/mol. The molecule has 2 rings (SSSR count). The largest absolute Gasteiger partial charge is 0.460 e. The van der Waals surface area contributed by atoms with Crippen LogP contribution in [0, 0.1) is 11.3 Å². The summed E-state index contributed by atoms with van der Waals surface area (Å²) in [4.78, 5) is 10.4. The molecule has 0 aliphatic rings. The number of fused-ring (bicyclic) bond motifs is 1. The van der Waals surface area contributed by atoms with Crippen molar-refractivity contribution in [3.63, 3.8) is 0 Å². The number of nitrogens with zero attached hydrogens (tertiary/aromatic N) is 2. The Bertz CT molecular complexity index is 628. The van der Waals surface area contributed by atoms with Gasteiger partial charge in [0.2, 0.25) is 0 Å². The van der Waals surface area contributed by atoms with Gasteiger partial charge in [0.1, 0.15) is 12.6 Å². The van der Waals surface area contributed by atoms with E-state index in [1.165, 1.54) is 0 Å². The second-order valence-corrected chi connectivity index (χ2v) is 4.82. The summed E-state index contributed by atoms with van der Waals surface area (Å²) in [5.74, 6) is 0. The summed E-state index contributed by atoms with van der Waals surface area (Å²) in [6.07, 6.45) is 1.52. The molecule has 0 saturated heterocycles. The third kappa shape index (κ3) is 2.24. The minimum absolute atomic E-state index is 0.270. The van der Waals surface area contributed by atoms with E-state index in [1.54, 1.807) is 6.92 Å². The lowest BCUT2D eigenvalue weighted by molar-refractivity contribution is -0.133. The number of aromatic nitrogens is 1. The van der Waals surface area contributed by atoms with Crippen LogP contribution in [0.1, 0.15) is 18.6 Å². The van der Waals surface area contributed by atoms with Gasteiger partial charge >= 0.3 is 0 Å². The van der Waals surface area contributed by atoms with Crippen LogP contribution in [0.25, 0.3) is 10.9 Å². The Morgan fingerprint density at radius 2 is 2.39 bits per heavy atom. The van der Waals surface area contributed by atoms with E-state index in [9.17, 15) is 4.79 Å². The zero-order valence-corrected chi connectivity index (χ0v) is 11.3. The van der Waals surface area contributed by atoms with Gasteiger partial charge in [-0.05, 0) is 25.1 Å². The fourth-order valence-electron chi connectivity index (χ4n) is 1.98. The highest BCUT2D eigenvalue weighted by Crippen LogP contribution is 2.30. The van der Waals surface area contributed by atoms with Crippen molar-refractivity contribution >= 4 is 33.3 Å². The van der Waals surface area contributed by atoms with E-state index in [0.29, 0.717) is 6.47 Å². The number of ether oxygens (including phenoxy) is 1. The molecule has 1 aromatic carbocycles. The van der Waals surface area contributed by atoms with Crippen molar-refractivity contribution in [1.82, 2.24) is 4.57 Å². The number of rotatable bonds is 4. The molecule has 0 fully saturated rings. The molecule has 0 aliphatic carbocycles. The molecule has 0 saturated carbocycles. The van der Waals surface area contributed by atoms with Crippen molar-refractivity contribution in [2.24, 2.45) is 0 Å². The van der Waals surface area contributed by atoms with Gasteiger partial charge in [0.05, 0.1) is 6.07 Å². The Labute approximate surface area is 113 Å². The summed E-state index contributed by atoms with van der Waals surface area (Å²) in [5, 5.41) is 9.80. The average Bonchev–Trinajstić information content (AvgIpc) is 2.68. The number of carbonyl (C=O) groups is 1. The van der Waals surface area contributed by atoms with Gasteiger partial charge in [-0.25, -0.2) is 0 Å². The van der Waals surface area contributed by atoms with E-state index in [2.05, 4.69) is 22.0 Å². The van der Waals surface area contributed by atoms with Crippen LogP contribution < -0.4 is 0 Å². The maximum Gasteiger partial charge on any atom is 0.293 e. The van der Waals surface area contributed by atoms with Crippen molar-refractivity contribution in [2.45, 2.75) is 19.6 Å². The molecule has 0 spiro atoms. The quantitative estimate of drug-likeness (QED) is 0.815. The maximum absolute atomic E-state index is 10.4.